The van der Waals surface area contributed by atoms with Crippen LogP contribution in [0, 0.1) is 22.7 Å². The monoisotopic (exact) mass is 498 g/mol. The molecule has 0 aliphatic heterocycles. The van der Waals surface area contributed by atoms with E-state index in [1.165, 1.54) is 36.8 Å². The van der Waals surface area contributed by atoms with E-state index in [4.69, 9.17) is 9.47 Å². The smallest absolute Gasteiger partial charge is 0.311 e. The van der Waals surface area contributed by atoms with Crippen molar-refractivity contribution in [3.63, 3.8) is 0 Å². The molecule has 202 valence electrons. The second-order valence-electron chi connectivity index (χ2n) is 13.4. The quantitative estimate of drug-likeness (QED) is 0.193. The highest BCUT2D eigenvalue weighted by molar-refractivity contribution is 5.75. The summed E-state index contributed by atoms with van der Waals surface area (Å²) in [5, 5.41) is 10.5. The standard InChI is InChI=1S/C32H50O4/c1-10-11-12-13-14-31(5,6)23-15-21(19-33)28(27(17-23)35-9)24-16-22(20-36-29(34)30(2,3)4)25-18-26(24)32(25,7)8/h15-17,24-26,33H,10-14,18-20H2,1-9H3. The Hall–Kier alpha value is -1.81. The van der Waals surface area contributed by atoms with Crippen molar-refractivity contribution >= 4 is 5.97 Å². The molecule has 3 aliphatic rings. The summed E-state index contributed by atoms with van der Waals surface area (Å²) < 4.78 is 11.8. The second kappa shape index (κ2) is 10.9. The number of ether oxygens (including phenoxy) is 2. The fourth-order valence-electron chi connectivity index (χ4n) is 6.35. The summed E-state index contributed by atoms with van der Waals surface area (Å²) in [5.74, 6) is 1.73. The molecule has 1 fully saturated rings. The van der Waals surface area contributed by atoms with E-state index in [0.717, 1.165) is 29.7 Å². The minimum Gasteiger partial charge on any atom is -0.496 e. The zero-order chi connectivity index (χ0) is 26.9. The molecular formula is C32H50O4. The molecule has 0 radical (unpaired) electrons. The molecule has 4 nitrogen and oxygen atoms in total. The summed E-state index contributed by atoms with van der Waals surface area (Å²) in [6, 6.07) is 4.42. The third-order valence-electron chi connectivity index (χ3n) is 8.99. The van der Waals surface area contributed by atoms with Gasteiger partial charge in [0.1, 0.15) is 12.4 Å². The third kappa shape index (κ3) is 5.69. The summed E-state index contributed by atoms with van der Waals surface area (Å²) in [6.45, 7) is 17.5. The number of hydrogen-bond acceptors (Lipinski definition) is 4. The van der Waals surface area contributed by atoms with Crippen LogP contribution >= 0.6 is 0 Å². The Morgan fingerprint density at radius 1 is 1.11 bits per heavy atom. The Bertz CT molecular complexity index is 938. The van der Waals surface area contributed by atoms with Gasteiger partial charge >= 0.3 is 5.97 Å². The fraction of sp³-hybridized carbons (Fsp3) is 0.719. The number of hydrogen-bond donors (Lipinski definition) is 1. The average Bonchev–Trinajstić information content (AvgIpc) is 2.82. The Morgan fingerprint density at radius 2 is 1.81 bits per heavy atom. The van der Waals surface area contributed by atoms with Crippen LogP contribution < -0.4 is 4.74 Å². The summed E-state index contributed by atoms with van der Waals surface area (Å²) in [4.78, 5) is 12.5. The second-order valence-corrected chi connectivity index (χ2v) is 13.4. The molecule has 3 atom stereocenters. The molecule has 1 saturated carbocycles. The van der Waals surface area contributed by atoms with Crippen molar-refractivity contribution in [1.82, 2.24) is 0 Å². The molecule has 3 aliphatic carbocycles. The number of esters is 1. The number of carbonyl (C=O) groups is 1. The van der Waals surface area contributed by atoms with Crippen LogP contribution in [0.5, 0.6) is 5.75 Å². The van der Waals surface area contributed by atoms with Gasteiger partial charge in [0.15, 0.2) is 0 Å². The molecule has 0 aromatic heterocycles. The van der Waals surface area contributed by atoms with Crippen molar-refractivity contribution in [2.45, 2.75) is 112 Å². The fourth-order valence-corrected chi connectivity index (χ4v) is 6.35. The van der Waals surface area contributed by atoms with E-state index in [0.29, 0.717) is 18.4 Å². The number of carbonyl (C=O) groups excluding carboxylic acids is 1. The van der Waals surface area contributed by atoms with Gasteiger partial charge in [-0.15, -0.1) is 0 Å². The van der Waals surface area contributed by atoms with Crippen LogP contribution in [0.15, 0.2) is 23.8 Å². The zero-order valence-electron chi connectivity index (χ0n) is 24.3. The highest BCUT2D eigenvalue weighted by Gasteiger charge is 2.56. The van der Waals surface area contributed by atoms with Crippen molar-refractivity contribution in [3.8, 4) is 5.75 Å². The molecule has 2 bridgehead atoms. The van der Waals surface area contributed by atoms with Crippen LogP contribution in [0.25, 0.3) is 0 Å². The summed E-state index contributed by atoms with van der Waals surface area (Å²) in [5.41, 5.74) is 4.10. The molecule has 0 heterocycles. The van der Waals surface area contributed by atoms with Crippen LogP contribution in [0.3, 0.4) is 0 Å². The molecule has 0 amide bonds. The SMILES string of the molecule is CCCCCCC(C)(C)c1cc(CO)c(C2C=C(COC(=O)C(C)(C)C)C3CC2C3(C)C)c(OC)c1. The maximum Gasteiger partial charge on any atom is 0.311 e. The molecule has 4 heteroatoms. The number of aliphatic hydroxyl groups is 1. The van der Waals surface area contributed by atoms with Crippen molar-refractivity contribution in [3.05, 3.63) is 40.5 Å². The van der Waals surface area contributed by atoms with Gasteiger partial charge in [0.2, 0.25) is 0 Å². The molecule has 3 unspecified atom stereocenters. The molecule has 1 aromatic carbocycles. The number of rotatable bonds is 11. The summed E-state index contributed by atoms with van der Waals surface area (Å²) >= 11 is 0. The number of methoxy groups -OCH3 is 1. The number of unbranched alkanes of at least 4 members (excludes halogenated alkanes) is 3. The number of benzene rings is 1. The Labute approximate surface area is 219 Å². The van der Waals surface area contributed by atoms with Gasteiger partial charge in [0.25, 0.3) is 0 Å². The Morgan fingerprint density at radius 3 is 2.36 bits per heavy atom. The van der Waals surface area contributed by atoms with Crippen molar-refractivity contribution in [2.24, 2.45) is 22.7 Å². The Balaban J connectivity index is 1.96. The van der Waals surface area contributed by atoms with Crippen molar-refractivity contribution < 1.29 is 19.4 Å². The maximum absolute atomic E-state index is 12.5. The highest BCUT2D eigenvalue weighted by atomic mass is 16.5. The minimum absolute atomic E-state index is 0.0129. The van der Waals surface area contributed by atoms with Crippen LogP contribution in [0.1, 0.15) is 117 Å². The van der Waals surface area contributed by atoms with Gasteiger partial charge < -0.3 is 14.6 Å². The van der Waals surface area contributed by atoms with Gasteiger partial charge in [-0.25, -0.2) is 0 Å². The lowest BCUT2D eigenvalue weighted by Crippen LogP contribution is -2.52. The highest BCUT2D eigenvalue weighted by Crippen LogP contribution is 2.64. The molecule has 1 N–H and O–H groups in total. The molecule has 36 heavy (non-hydrogen) atoms. The van der Waals surface area contributed by atoms with Gasteiger partial charge in [-0.1, -0.05) is 72.4 Å². The van der Waals surface area contributed by atoms with Gasteiger partial charge in [0, 0.05) is 11.5 Å². The van der Waals surface area contributed by atoms with Gasteiger partial charge in [-0.2, -0.15) is 0 Å². The summed E-state index contributed by atoms with van der Waals surface area (Å²) in [7, 11) is 1.74. The zero-order valence-corrected chi connectivity index (χ0v) is 24.3. The van der Waals surface area contributed by atoms with Crippen LogP contribution in [-0.2, 0) is 21.6 Å². The molecular weight excluding hydrogens is 448 g/mol. The van der Waals surface area contributed by atoms with Crippen molar-refractivity contribution in [2.75, 3.05) is 13.7 Å². The molecule has 1 aromatic rings. The first-order valence-electron chi connectivity index (χ1n) is 14.0. The van der Waals surface area contributed by atoms with Crippen molar-refractivity contribution in [1.29, 1.82) is 0 Å². The molecule has 4 rings (SSSR count). The third-order valence-corrected chi connectivity index (χ3v) is 8.99. The Kier molecular flexibility index (Phi) is 8.70. The van der Waals surface area contributed by atoms with Gasteiger partial charge in [-0.3, -0.25) is 4.79 Å². The minimum atomic E-state index is -0.515. The number of allylic oxidation sites excluding steroid dienone is 1. The first kappa shape index (κ1) is 28.8. The van der Waals surface area contributed by atoms with Gasteiger partial charge in [-0.05, 0) is 79.0 Å². The van der Waals surface area contributed by atoms with E-state index >= 15 is 0 Å². The molecule has 0 spiro atoms. The number of fused-ring (bicyclic) bond motifs is 1. The summed E-state index contributed by atoms with van der Waals surface area (Å²) in [6.07, 6.45) is 9.49. The maximum atomic E-state index is 12.5. The van der Waals surface area contributed by atoms with E-state index in [1.54, 1.807) is 7.11 Å². The van der Waals surface area contributed by atoms with E-state index in [1.807, 2.05) is 20.8 Å². The topological polar surface area (TPSA) is 55.8 Å². The van der Waals surface area contributed by atoms with Crippen LogP contribution in [0.4, 0.5) is 0 Å². The first-order chi connectivity index (χ1) is 16.8. The average molecular weight is 499 g/mol. The van der Waals surface area contributed by atoms with E-state index in [9.17, 15) is 9.90 Å². The largest absolute Gasteiger partial charge is 0.496 e. The van der Waals surface area contributed by atoms with E-state index in [-0.39, 0.29) is 29.3 Å². The molecule has 0 saturated heterocycles. The lowest BCUT2D eigenvalue weighted by Gasteiger charge is -2.59. The van der Waals surface area contributed by atoms with Crippen LogP contribution in [0.2, 0.25) is 0 Å². The predicted molar refractivity (Wildman–Crippen MR) is 147 cm³/mol. The lowest BCUT2D eigenvalue weighted by molar-refractivity contribution is -0.152. The first-order valence-corrected chi connectivity index (χ1v) is 14.0. The normalized spacial score (nSPS) is 23.1. The van der Waals surface area contributed by atoms with Crippen LogP contribution in [-0.4, -0.2) is 24.8 Å². The van der Waals surface area contributed by atoms with Gasteiger partial charge in [0.05, 0.1) is 19.1 Å². The van der Waals surface area contributed by atoms with E-state index in [2.05, 4.69) is 52.8 Å². The lowest BCUT2D eigenvalue weighted by atomic mass is 9.45. The van der Waals surface area contributed by atoms with E-state index < -0.39 is 5.41 Å². The predicted octanol–water partition coefficient (Wildman–Crippen LogP) is 7.71. The number of aliphatic hydroxyl groups excluding tert-OH is 1.